The van der Waals surface area contributed by atoms with E-state index in [1.165, 1.54) is 0 Å². The number of ketones is 1. The van der Waals surface area contributed by atoms with Gasteiger partial charge >= 0.3 is 0 Å². The van der Waals surface area contributed by atoms with Crippen LogP contribution in [0.2, 0.25) is 0 Å². The first-order chi connectivity index (χ1) is 9.75. The number of carbonyl (C=O) groups is 1. The summed E-state index contributed by atoms with van der Waals surface area (Å²) in [5.74, 6) is 0.0209. The first kappa shape index (κ1) is 11.1. The molecule has 4 rings (SSSR count). The molecule has 3 heterocycles. The molecule has 3 aromatic heterocycles. The van der Waals surface area contributed by atoms with E-state index in [1.54, 1.807) is 23.8 Å². The number of rotatable bonds is 1. The standard InChI is InChI=1S/C16H11N3O/c1-10(20)13-9-18-19-14(13)7-6-12-5-4-11-3-2-8-17-15(11)16(12)19/h2-9H,1H3. The van der Waals surface area contributed by atoms with Gasteiger partial charge in [0.25, 0.3) is 0 Å². The molecule has 4 heteroatoms. The molecule has 0 aliphatic rings. The first-order valence-corrected chi connectivity index (χ1v) is 6.41. The molecule has 0 saturated carbocycles. The molecule has 0 aliphatic carbocycles. The van der Waals surface area contributed by atoms with E-state index in [9.17, 15) is 4.79 Å². The van der Waals surface area contributed by atoms with E-state index >= 15 is 0 Å². The number of hydrogen-bond acceptors (Lipinski definition) is 3. The van der Waals surface area contributed by atoms with Crippen LogP contribution in [0.3, 0.4) is 0 Å². The molecular formula is C16H11N3O. The van der Waals surface area contributed by atoms with Gasteiger partial charge in [0.1, 0.15) is 0 Å². The fourth-order valence-electron chi connectivity index (χ4n) is 2.64. The van der Waals surface area contributed by atoms with Gasteiger partial charge in [0.2, 0.25) is 0 Å². The number of Topliss-reactive ketones (excluding diaryl/α,β-unsaturated/α-hetero) is 1. The van der Waals surface area contributed by atoms with E-state index in [0.717, 1.165) is 27.3 Å². The minimum absolute atomic E-state index is 0.0209. The van der Waals surface area contributed by atoms with Crippen LogP contribution >= 0.6 is 0 Å². The number of pyridine rings is 2. The predicted octanol–water partition coefficient (Wildman–Crippen LogP) is 3.24. The lowest BCUT2D eigenvalue weighted by Gasteiger charge is -2.05. The maximum absolute atomic E-state index is 11.7. The van der Waals surface area contributed by atoms with E-state index in [0.29, 0.717) is 5.56 Å². The molecule has 20 heavy (non-hydrogen) atoms. The number of aromatic nitrogens is 3. The van der Waals surface area contributed by atoms with Crippen molar-refractivity contribution >= 4 is 33.1 Å². The van der Waals surface area contributed by atoms with Crippen LogP contribution in [0.15, 0.2) is 48.8 Å². The van der Waals surface area contributed by atoms with Gasteiger partial charge in [-0.3, -0.25) is 9.78 Å². The Hall–Kier alpha value is -2.75. The van der Waals surface area contributed by atoms with Gasteiger partial charge in [0.15, 0.2) is 5.78 Å². The average Bonchev–Trinajstić information content (AvgIpc) is 2.90. The van der Waals surface area contributed by atoms with Gasteiger partial charge in [0, 0.05) is 17.0 Å². The normalized spacial score (nSPS) is 11.4. The summed E-state index contributed by atoms with van der Waals surface area (Å²) in [7, 11) is 0. The molecule has 0 saturated heterocycles. The van der Waals surface area contributed by atoms with Gasteiger partial charge in [0.05, 0.1) is 28.3 Å². The minimum Gasteiger partial charge on any atom is -0.294 e. The zero-order valence-electron chi connectivity index (χ0n) is 10.9. The van der Waals surface area contributed by atoms with Crippen molar-refractivity contribution in [1.29, 1.82) is 0 Å². The third kappa shape index (κ3) is 1.39. The second-order valence-electron chi connectivity index (χ2n) is 4.82. The van der Waals surface area contributed by atoms with Gasteiger partial charge in [-0.05, 0) is 19.1 Å². The smallest absolute Gasteiger partial charge is 0.163 e. The molecule has 0 spiro atoms. The molecule has 0 aliphatic heterocycles. The molecule has 0 unspecified atom stereocenters. The van der Waals surface area contributed by atoms with E-state index in [2.05, 4.69) is 10.1 Å². The number of carbonyl (C=O) groups excluding carboxylic acids is 1. The average molecular weight is 261 g/mol. The number of fused-ring (bicyclic) bond motifs is 5. The van der Waals surface area contributed by atoms with Crippen LogP contribution in [-0.2, 0) is 0 Å². The third-order valence-corrected chi connectivity index (χ3v) is 3.60. The Kier molecular flexibility index (Phi) is 2.15. The van der Waals surface area contributed by atoms with Crippen molar-refractivity contribution in [3.05, 3.63) is 54.4 Å². The largest absolute Gasteiger partial charge is 0.294 e. The number of nitrogens with zero attached hydrogens (tertiary/aromatic N) is 3. The molecule has 96 valence electrons. The first-order valence-electron chi connectivity index (χ1n) is 6.41. The highest BCUT2D eigenvalue weighted by atomic mass is 16.1. The van der Waals surface area contributed by atoms with Crippen molar-refractivity contribution in [2.45, 2.75) is 6.92 Å². The van der Waals surface area contributed by atoms with Crippen LogP contribution in [0.4, 0.5) is 0 Å². The van der Waals surface area contributed by atoms with Gasteiger partial charge in [-0.25, -0.2) is 4.52 Å². The van der Waals surface area contributed by atoms with Gasteiger partial charge in [-0.15, -0.1) is 0 Å². The summed E-state index contributed by atoms with van der Waals surface area (Å²) in [5.41, 5.74) is 3.30. The Balaban J connectivity index is 2.28. The van der Waals surface area contributed by atoms with E-state index in [1.807, 2.05) is 36.4 Å². The molecule has 4 aromatic rings. The number of benzene rings is 1. The third-order valence-electron chi connectivity index (χ3n) is 3.60. The Bertz CT molecular complexity index is 985. The van der Waals surface area contributed by atoms with Crippen molar-refractivity contribution in [2.24, 2.45) is 0 Å². The summed E-state index contributed by atoms with van der Waals surface area (Å²) in [4.78, 5) is 16.1. The predicted molar refractivity (Wildman–Crippen MR) is 78.0 cm³/mol. The molecule has 4 nitrogen and oxygen atoms in total. The van der Waals surface area contributed by atoms with Crippen molar-refractivity contribution < 1.29 is 4.79 Å². The summed E-state index contributed by atoms with van der Waals surface area (Å²) in [6.07, 6.45) is 3.40. The van der Waals surface area contributed by atoms with Crippen LogP contribution in [0, 0.1) is 0 Å². The van der Waals surface area contributed by atoms with Crippen LogP contribution in [-0.4, -0.2) is 20.4 Å². The fraction of sp³-hybridized carbons (Fsp3) is 0.0625. The van der Waals surface area contributed by atoms with Gasteiger partial charge in [-0.1, -0.05) is 24.3 Å². The maximum Gasteiger partial charge on any atom is 0.163 e. The van der Waals surface area contributed by atoms with E-state index < -0.39 is 0 Å². The molecule has 0 radical (unpaired) electrons. The summed E-state index contributed by atoms with van der Waals surface area (Å²) >= 11 is 0. The molecular weight excluding hydrogens is 250 g/mol. The van der Waals surface area contributed by atoms with E-state index in [-0.39, 0.29) is 5.78 Å². The monoisotopic (exact) mass is 261 g/mol. The molecule has 1 aromatic carbocycles. The molecule has 0 bridgehead atoms. The molecule has 0 atom stereocenters. The van der Waals surface area contributed by atoms with Gasteiger partial charge < -0.3 is 0 Å². The van der Waals surface area contributed by atoms with Crippen LogP contribution < -0.4 is 0 Å². The zero-order valence-corrected chi connectivity index (χ0v) is 10.9. The van der Waals surface area contributed by atoms with Crippen molar-refractivity contribution in [1.82, 2.24) is 14.6 Å². The lowest BCUT2D eigenvalue weighted by Crippen LogP contribution is -1.95. The second-order valence-corrected chi connectivity index (χ2v) is 4.82. The van der Waals surface area contributed by atoms with Crippen molar-refractivity contribution in [2.75, 3.05) is 0 Å². The van der Waals surface area contributed by atoms with Crippen molar-refractivity contribution in [3.8, 4) is 0 Å². The fourth-order valence-corrected chi connectivity index (χ4v) is 2.64. The second kappa shape index (κ2) is 3.87. The Morgan fingerprint density at radius 3 is 2.75 bits per heavy atom. The summed E-state index contributed by atoms with van der Waals surface area (Å²) in [5, 5.41) is 6.49. The lowest BCUT2D eigenvalue weighted by molar-refractivity contribution is 0.101. The Morgan fingerprint density at radius 2 is 1.90 bits per heavy atom. The highest BCUT2D eigenvalue weighted by molar-refractivity contribution is 6.06. The Morgan fingerprint density at radius 1 is 1.10 bits per heavy atom. The van der Waals surface area contributed by atoms with Crippen LogP contribution in [0.25, 0.3) is 27.3 Å². The van der Waals surface area contributed by atoms with Crippen molar-refractivity contribution in [3.63, 3.8) is 0 Å². The summed E-state index contributed by atoms with van der Waals surface area (Å²) < 4.78 is 1.81. The SMILES string of the molecule is CC(=O)c1cnn2c1ccc1ccc3cccnc3c12. The zero-order chi connectivity index (χ0) is 13.7. The van der Waals surface area contributed by atoms with Crippen LogP contribution in [0.1, 0.15) is 17.3 Å². The van der Waals surface area contributed by atoms with E-state index in [4.69, 9.17) is 0 Å². The highest BCUT2D eigenvalue weighted by Gasteiger charge is 2.12. The molecule has 0 N–H and O–H groups in total. The highest BCUT2D eigenvalue weighted by Crippen LogP contribution is 2.25. The lowest BCUT2D eigenvalue weighted by atomic mass is 10.1. The topological polar surface area (TPSA) is 47.3 Å². The van der Waals surface area contributed by atoms with Crippen LogP contribution in [0.5, 0.6) is 0 Å². The summed E-state index contributed by atoms with van der Waals surface area (Å²) in [6.45, 7) is 1.56. The quantitative estimate of drug-likeness (QED) is 0.390. The summed E-state index contributed by atoms with van der Waals surface area (Å²) in [6, 6.07) is 12.0. The molecule has 0 amide bonds. The minimum atomic E-state index is 0.0209. The number of hydrogen-bond donors (Lipinski definition) is 0. The Labute approximate surface area is 114 Å². The maximum atomic E-state index is 11.7. The molecule has 0 fully saturated rings. The van der Waals surface area contributed by atoms with Gasteiger partial charge in [-0.2, -0.15) is 5.10 Å².